The van der Waals surface area contributed by atoms with Crippen LogP contribution < -0.4 is 5.32 Å². The van der Waals surface area contributed by atoms with Gasteiger partial charge >= 0.3 is 0 Å². The molecule has 1 N–H and O–H groups in total. The number of carbonyl (C=O) groups excluding carboxylic acids is 1. The number of hydrogen-bond acceptors (Lipinski definition) is 4. The van der Waals surface area contributed by atoms with Gasteiger partial charge in [-0.1, -0.05) is 11.4 Å². The van der Waals surface area contributed by atoms with E-state index in [-0.39, 0.29) is 11.3 Å². The predicted molar refractivity (Wildman–Crippen MR) is 66.8 cm³/mol. The molecule has 0 aliphatic carbocycles. The molecule has 0 bridgehead atoms. The Hall–Kier alpha value is -1.89. The summed E-state index contributed by atoms with van der Waals surface area (Å²) in [5.41, 5.74) is 0.291. The maximum atomic E-state index is 13.7. The van der Waals surface area contributed by atoms with Gasteiger partial charge in [-0.15, -0.1) is 5.10 Å². The second-order valence-corrected chi connectivity index (χ2v) is 4.50. The van der Waals surface area contributed by atoms with Gasteiger partial charge in [0.15, 0.2) is 5.69 Å². The van der Waals surface area contributed by atoms with Crippen molar-refractivity contribution in [3.05, 3.63) is 46.5 Å². The Morgan fingerprint density at radius 2 is 2.26 bits per heavy atom. The Morgan fingerprint density at radius 3 is 2.89 bits per heavy atom. The lowest BCUT2D eigenvalue weighted by Gasteiger charge is -2.17. The topological polar surface area (TPSA) is 54.9 Å². The van der Waals surface area contributed by atoms with E-state index < -0.39 is 23.6 Å². The van der Waals surface area contributed by atoms with Crippen LogP contribution in [0.25, 0.3) is 0 Å². The van der Waals surface area contributed by atoms with E-state index in [1.165, 1.54) is 5.38 Å². The number of rotatable bonds is 4. The van der Waals surface area contributed by atoms with Crippen molar-refractivity contribution >= 4 is 17.4 Å². The van der Waals surface area contributed by atoms with Gasteiger partial charge < -0.3 is 5.32 Å². The van der Waals surface area contributed by atoms with E-state index in [2.05, 4.69) is 14.9 Å². The Morgan fingerprint density at radius 1 is 1.47 bits per heavy atom. The third kappa shape index (κ3) is 3.11. The zero-order chi connectivity index (χ0) is 13.8. The van der Waals surface area contributed by atoms with Crippen molar-refractivity contribution < 1.29 is 13.6 Å². The van der Waals surface area contributed by atoms with Crippen molar-refractivity contribution in [1.82, 2.24) is 14.9 Å². The van der Waals surface area contributed by atoms with Gasteiger partial charge in [-0.05, 0) is 36.2 Å². The minimum atomic E-state index is -0.607. The number of nitrogens with zero attached hydrogens (tertiary/aromatic N) is 2. The molecule has 0 saturated carbocycles. The molecule has 0 aliphatic rings. The zero-order valence-electron chi connectivity index (χ0n) is 10.1. The first-order chi connectivity index (χ1) is 9.11. The van der Waals surface area contributed by atoms with E-state index in [1.807, 2.05) is 0 Å². The van der Waals surface area contributed by atoms with Crippen LogP contribution in [0.5, 0.6) is 0 Å². The molecule has 1 heterocycles. The smallest absolute Gasteiger partial charge is 0.273 e. The van der Waals surface area contributed by atoms with E-state index in [0.29, 0.717) is 6.42 Å². The summed E-state index contributed by atoms with van der Waals surface area (Å²) >= 11 is 1.05. The van der Waals surface area contributed by atoms with Crippen molar-refractivity contribution in [2.75, 3.05) is 0 Å². The van der Waals surface area contributed by atoms with Gasteiger partial charge in [-0.3, -0.25) is 4.79 Å². The van der Waals surface area contributed by atoms with Crippen LogP contribution >= 0.6 is 11.5 Å². The maximum Gasteiger partial charge on any atom is 0.273 e. The van der Waals surface area contributed by atoms with Crippen LogP contribution in [0.2, 0.25) is 0 Å². The molecule has 0 saturated heterocycles. The molecule has 1 amide bonds. The minimum absolute atomic E-state index is 0.124. The predicted octanol–water partition coefficient (Wildman–Crippen LogP) is 2.70. The standard InChI is InChI=1S/C12H11F2N3OS/c1-2-10(8-5-7(13)3-4-9(8)14)15-12(18)11-6-19-17-16-11/h3-6,10H,2H2,1H3,(H,15,18)/t10-/m1/s1. The summed E-state index contributed by atoms with van der Waals surface area (Å²) < 4.78 is 30.4. The minimum Gasteiger partial charge on any atom is -0.344 e. The molecule has 2 aromatic rings. The first kappa shape index (κ1) is 13.5. The molecule has 0 radical (unpaired) electrons. The Balaban J connectivity index is 2.20. The van der Waals surface area contributed by atoms with Crippen molar-refractivity contribution in [3.63, 3.8) is 0 Å². The van der Waals surface area contributed by atoms with E-state index in [0.717, 1.165) is 29.7 Å². The number of benzene rings is 1. The lowest BCUT2D eigenvalue weighted by molar-refractivity contribution is 0.0930. The highest BCUT2D eigenvalue weighted by Crippen LogP contribution is 2.21. The Kier molecular flexibility index (Phi) is 4.16. The van der Waals surface area contributed by atoms with Gasteiger partial charge in [0.25, 0.3) is 5.91 Å². The lowest BCUT2D eigenvalue weighted by atomic mass is 10.0. The first-order valence-corrected chi connectivity index (χ1v) is 6.48. The molecular weight excluding hydrogens is 272 g/mol. The Labute approximate surface area is 112 Å². The van der Waals surface area contributed by atoms with Crippen LogP contribution in [0.3, 0.4) is 0 Å². The fourth-order valence-corrected chi connectivity index (χ4v) is 2.11. The van der Waals surface area contributed by atoms with Gasteiger partial charge in [-0.2, -0.15) is 0 Å². The molecule has 1 aromatic carbocycles. The Bertz CT molecular complexity index is 574. The van der Waals surface area contributed by atoms with Crippen molar-refractivity contribution in [2.45, 2.75) is 19.4 Å². The van der Waals surface area contributed by atoms with Gasteiger partial charge in [0, 0.05) is 10.9 Å². The van der Waals surface area contributed by atoms with Crippen LogP contribution in [-0.2, 0) is 0 Å². The summed E-state index contributed by atoms with van der Waals surface area (Å²) in [5.74, 6) is -1.55. The lowest BCUT2D eigenvalue weighted by Crippen LogP contribution is -2.29. The molecule has 100 valence electrons. The van der Waals surface area contributed by atoms with E-state index >= 15 is 0 Å². The quantitative estimate of drug-likeness (QED) is 0.938. The van der Waals surface area contributed by atoms with Gasteiger partial charge in [-0.25, -0.2) is 8.78 Å². The summed E-state index contributed by atoms with van der Waals surface area (Å²) in [6, 6.07) is 2.56. The fourth-order valence-electron chi connectivity index (χ4n) is 1.68. The first-order valence-electron chi connectivity index (χ1n) is 5.64. The van der Waals surface area contributed by atoms with Crippen LogP contribution in [0.4, 0.5) is 8.78 Å². The third-order valence-corrected chi connectivity index (χ3v) is 3.14. The largest absolute Gasteiger partial charge is 0.344 e. The number of nitrogens with one attached hydrogen (secondary N) is 1. The van der Waals surface area contributed by atoms with Gasteiger partial charge in [0.1, 0.15) is 11.6 Å². The SMILES string of the molecule is CC[C@@H](NC(=O)c1csnn1)c1cc(F)ccc1F. The average Bonchev–Trinajstić information content (AvgIpc) is 2.93. The third-order valence-electron chi connectivity index (χ3n) is 2.64. The summed E-state index contributed by atoms with van der Waals surface area (Å²) in [6.07, 6.45) is 0.434. The second kappa shape index (κ2) is 5.83. The molecule has 7 heteroatoms. The molecule has 0 spiro atoms. The summed E-state index contributed by atoms with van der Waals surface area (Å²) in [4.78, 5) is 11.8. The second-order valence-electron chi connectivity index (χ2n) is 3.89. The number of hydrogen-bond donors (Lipinski definition) is 1. The number of amides is 1. The van der Waals surface area contributed by atoms with Crippen LogP contribution in [-0.4, -0.2) is 15.5 Å². The normalized spacial score (nSPS) is 12.2. The monoisotopic (exact) mass is 283 g/mol. The highest BCUT2D eigenvalue weighted by Gasteiger charge is 2.19. The highest BCUT2D eigenvalue weighted by atomic mass is 32.1. The molecule has 1 aromatic heterocycles. The molecule has 0 aliphatic heterocycles. The molecule has 19 heavy (non-hydrogen) atoms. The number of halogens is 2. The number of carbonyl (C=O) groups is 1. The summed E-state index contributed by atoms with van der Waals surface area (Å²) in [7, 11) is 0. The fraction of sp³-hybridized carbons (Fsp3) is 0.250. The molecule has 0 fully saturated rings. The van der Waals surface area contributed by atoms with Crippen LogP contribution in [0.15, 0.2) is 23.6 Å². The van der Waals surface area contributed by atoms with E-state index in [4.69, 9.17) is 0 Å². The summed E-state index contributed by atoms with van der Waals surface area (Å²) in [6.45, 7) is 1.77. The van der Waals surface area contributed by atoms with Crippen molar-refractivity contribution in [1.29, 1.82) is 0 Å². The maximum absolute atomic E-state index is 13.7. The van der Waals surface area contributed by atoms with Crippen molar-refractivity contribution in [2.24, 2.45) is 0 Å². The molecule has 2 rings (SSSR count). The van der Waals surface area contributed by atoms with E-state index in [1.54, 1.807) is 6.92 Å². The molecular formula is C12H11F2N3OS. The average molecular weight is 283 g/mol. The van der Waals surface area contributed by atoms with Crippen LogP contribution in [0, 0.1) is 11.6 Å². The van der Waals surface area contributed by atoms with Crippen LogP contribution in [0.1, 0.15) is 35.4 Å². The molecule has 4 nitrogen and oxygen atoms in total. The van der Waals surface area contributed by atoms with Gasteiger partial charge in [0.2, 0.25) is 0 Å². The zero-order valence-corrected chi connectivity index (χ0v) is 10.9. The number of aromatic nitrogens is 2. The molecule has 0 unspecified atom stereocenters. The van der Waals surface area contributed by atoms with E-state index in [9.17, 15) is 13.6 Å². The molecule has 1 atom stereocenters. The van der Waals surface area contributed by atoms with Gasteiger partial charge in [0.05, 0.1) is 6.04 Å². The van der Waals surface area contributed by atoms with Crippen molar-refractivity contribution in [3.8, 4) is 0 Å². The summed E-state index contributed by atoms with van der Waals surface area (Å²) in [5, 5.41) is 7.73. The highest BCUT2D eigenvalue weighted by molar-refractivity contribution is 7.03.